The molecular weight excluding hydrogens is 404 g/mol. The highest BCUT2D eigenvalue weighted by Crippen LogP contribution is 2.18. The van der Waals surface area contributed by atoms with Gasteiger partial charge in [0.1, 0.15) is 6.04 Å². The van der Waals surface area contributed by atoms with Gasteiger partial charge in [-0.15, -0.1) is 0 Å². The van der Waals surface area contributed by atoms with Gasteiger partial charge in [-0.1, -0.05) is 12.1 Å². The first-order valence-electron chi connectivity index (χ1n) is 8.65. The number of sulfonamides is 1. The number of halogens is 2. The Morgan fingerprint density at radius 3 is 2.28 bits per heavy atom. The van der Waals surface area contributed by atoms with E-state index in [1.54, 1.807) is 13.8 Å². The second-order valence-corrected chi connectivity index (χ2v) is 8.21. The maximum Gasteiger partial charge on any atom is 0.252 e. The Hall–Kier alpha value is -2.85. The highest BCUT2D eigenvalue weighted by Gasteiger charge is 2.24. The summed E-state index contributed by atoms with van der Waals surface area (Å²) >= 11 is 0. The number of amides is 2. The topological polar surface area (TPSA) is 104 Å². The minimum absolute atomic E-state index is 0.0203. The third-order valence-corrected chi connectivity index (χ3v) is 5.51. The molecule has 2 aromatic carbocycles. The van der Waals surface area contributed by atoms with Crippen LogP contribution < -0.4 is 15.4 Å². The number of carbonyl (C=O) groups is 2. The van der Waals surface area contributed by atoms with Crippen molar-refractivity contribution in [2.45, 2.75) is 30.8 Å². The zero-order chi connectivity index (χ0) is 21.8. The van der Waals surface area contributed by atoms with Crippen LogP contribution in [-0.2, 0) is 14.8 Å². The Kier molecular flexibility index (Phi) is 7.04. The highest BCUT2D eigenvalue weighted by atomic mass is 32.2. The summed E-state index contributed by atoms with van der Waals surface area (Å²) in [7, 11) is -2.50. The number of benzene rings is 2. The second kappa shape index (κ2) is 9.10. The lowest BCUT2D eigenvalue weighted by Gasteiger charge is -2.18. The summed E-state index contributed by atoms with van der Waals surface area (Å²) in [5.41, 5.74) is 0.00923. The third kappa shape index (κ3) is 5.58. The van der Waals surface area contributed by atoms with Gasteiger partial charge in [0.15, 0.2) is 11.6 Å². The molecule has 1 unspecified atom stereocenters. The fourth-order valence-corrected chi connectivity index (χ4v) is 3.83. The van der Waals surface area contributed by atoms with Gasteiger partial charge in [-0.05, 0) is 49.7 Å². The van der Waals surface area contributed by atoms with Crippen molar-refractivity contribution in [1.29, 1.82) is 0 Å². The van der Waals surface area contributed by atoms with E-state index in [2.05, 4.69) is 15.4 Å². The van der Waals surface area contributed by atoms with Crippen LogP contribution in [0.3, 0.4) is 0 Å². The molecule has 2 amide bonds. The van der Waals surface area contributed by atoms with Crippen LogP contribution >= 0.6 is 0 Å². The molecule has 0 fully saturated rings. The number of nitrogens with one attached hydrogen (secondary N) is 3. The highest BCUT2D eigenvalue weighted by molar-refractivity contribution is 7.89. The Morgan fingerprint density at radius 2 is 1.69 bits per heavy atom. The van der Waals surface area contributed by atoms with Crippen molar-refractivity contribution in [3.8, 4) is 0 Å². The lowest BCUT2D eigenvalue weighted by Crippen LogP contribution is -2.39. The van der Waals surface area contributed by atoms with Crippen molar-refractivity contribution in [2.75, 3.05) is 7.05 Å². The Balaban J connectivity index is 2.34. The molecule has 0 heterocycles. The molecule has 0 aliphatic heterocycles. The molecule has 0 saturated carbocycles. The second-order valence-electron chi connectivity index (χ2n) is 6.50. The van der Waals surface area contributed by atoms with E-state index in [1.807, 2.05) is 0 Å². The van der Waals surface area contributed by atoms with Crippen molar-refractivity contribution < 1.29 is 26.8 Å². The average molecular weight is 425 g/mol. The van der Waals surface area contributed by atoms with Crippen molar-refractivity contribution in [2.24, 2.45) is 0 Å². The maximum absolute atomic E-state index is 13.6. The van der Waals surface area contributed by atoms with E-state index in [0.717, 1.165) is 18.2 Å². The van der Waals surface area contributed by atoms with Gasteiger partial charge in [0, 0.05) is 18.7 Å². The molecule has 0 aliphatic carbocycles. The van der Waals surface area contributed by atoms with Crippen LogP contribution in [0.25, 0.3) is 0 Å². The van der Waals surface area contributed by atoms with E-state index in [0.29, 0.717) is 0 Å². The number of hydrogen-bond donors (Lipinski definition) is 3. The van der Waals surface area contributed by atoms with Crippen molar-refractivity contribution in [1.82, 2.24) is 15.4 Å². The normalized spacial score (nSPS) is 12.5. The van der Waals surface area contributed by atoms with Crippen LogP contribution in [0.1, 0.15) is 35.8 Å². The van der Waals surface area contributed by atoms with Crippen molar-refractivity contribution >= 4 is 21.8 Å². The van der Waals surface area contributed by atoms with Gasteiger partial charge in [-0.25, -0.2) is 21.9 Å². The summed E-state index contributed by atoms with van der Waals surface area (Å²) in [6.45, 7) is 3.31. The molecule has 29 heavy (non-hydrogen) atoms. The maximum atomic E-state index is 13.6. The van der Waals surface area contributed by atoms with Crippen LogP contribution in [0.2, 0.25) is 0 Å². The summed E-state index contributed by atoms with van der Waals surface area (Å²) in [6, 6.07) is 6.41. The SMILES string of the molecule is CNC(=O)C(NC(=O)c1cccc(S(=O)(=O)NC(C)C)c1)c1ccc(F)c(F)c1. The molecule has 3 N–H and O–H groups in total. The lowest BCUT2D eigenvalue weighted by atomic mass is 10.0. The molecule has 10 heteroatoms. The van der Waals surface area contributed by atoms with Gasteiger partial charge < -0.3 is 10.6 Å². The van der Waals surface area contributed by atoms with Crippen molar-refractivity contribution in [3.63, 3.8) is 0 Å². The van der Waals surface area contributed by atoms with E-state index < -0.39 is 39.5 Å². The molecular formula is C19H21F2N3O4S. The van der Waals surface area contributed by atoms with Crippen LogP contribution in [0.4, 0.5) is 8.78 Å². The van der Waals surface area contributed by atoms with Crippen LogP contribution in [0, 0.1) is 11.6 Å². The van der Waals surface area contributed by atoms with Gasteiger partial charge in [-0.3, -0.25) is 9.59 Å². The van der Waals surface area contributed by atoms with E-state index >= 15 is 0 Å². The minimum Gasteiger partial charge on any atom is -0.357 e. The van der Waals surface area contributed by atoms with Crippen LogP contribution in [0.5, 0.6) is 0 Å². The fourth-order valence-electron chi connectivity index (χ4n) is 2.53. The molecule has 156 valence electrons. The van der Waals surface area contributed by atoms with E-state index in [9.17, 15) is 26.8 Å². The molecule has 2 rings (SSSR count). The zero-order valence-electron chi connectivity index (χ0n) is 16.0. The first-order chi connectivity index (χ1) is 13.5. The molecule has 0 bridgehead atoms. The Morgan fingerprint density at radius 1 is 1.00 bits per heavy atom. The lowest BCUT2D eigenvalue weighted by molar-refractivity contribution is -0.122. The molecule has 0 aromatic heterocycles. The Labute approximate surface area is 167 Å². The van der Waals surface area contributed by atoms with Gasteiger partial charge in [0.25, 0.3) is 5.91 Å². The van der Waals surface area contributed by atoms with Gasteiger partial charge >= 0.3 is 0 Å². The minimum atomic E-state index is -3.83. The summed E-state index contributed by atoms with van der Waals surface area (Å²) in [6.07, 6.45) is 0. The smallest absolute Gasteiger partial charge is 0.252 e. The molecule has 7 nitrogen and oxygen atoms in total. The van der Waals surface area contributed by atoms with E-state index in [4.69, 9.17) is 0 Å². The monoisotopic (exact) mass is 425 g/mol. The van der Waals surface area contributed by atoms with Gasteiger partial charge in [0.2, 0.25) is 15.9 Å². The van der Waals surface area contributed by atoms with E-state index in [1.165, 1.54) is 31.3 Å². The summed E-state index contributed by atoms with van der Waals surface area (Å²) in [4.78, 5) is 24.7. The molecule has 1 atom stereocenters. The number of likely N-dealkylation sites (N-methyl/N-ethyl adjacent to an activating group) is 1. The zero-order valence-corrected chi connectivity index (χ0v) is 16.8. The fraction of sp³-hybridized carbons (Fsp3) is 0.263. The Bertz CT molecular complexity index is 1030. The standard InChI is InChI=1S/C19H21F2N3O4S/c1-11(2)24-29(27,28)14-6-4-5-13(9-14)18(25)23-17(19(26)22-3)12-7-8-15(20)16(21)10-12/h4-11,17,24H,1-3H3,(H,22,26)(H,23,25). The average Bonchev–Trinajstić information content (AvgIpc) is 2.66. The third-order valence-electron chi connectivity index (χ3n) is 3.86. The predicted molar refractivity (Wildman–Crippen MR) is 103 cm³/mol. The molecule has 0 saturated heterocycles. The first kappa shape index (κ1) is 22.4. The quantitative estimate of drug-likeness (QED) is 0.630. The predicted octanol–water partition coefficient (Wildman–Crippen LogP) is 1.87. The van der Waals surface area contributed by atoms with Crippen LogP contribution in [0.15, 0.2) is 47.4 Å². The molecule has 0 aliphatic rings. The largest absolute Gasteiger partial charge is 0.357 e. The first-order valence-corrected chi connectivity index (χ1v) is 10.1. The van der Waals surface area contributed by atoms with Crippen molar-refractivity contribution in [3.05, 3.63) is 65.2 Å². The summed E-state index contributed by atoms with van der Waals surface area (Å²) in [5.74, 6) is -3.68. The molecule has 0 radical (unpaired) electrons. The van der Waals surface area contributed by atoms with Crippen LogP contribution in [-0.4, -0.2) is 33.3 Å². The number of rotatable bonds is 7. The number of carbonyl (C=O) groups excluding carboxylic acids is 2. The summed E-state index contributed by atoms with van der Waals surface area (Å²) in [5, 5.41) is 4.75. The molecule has 2 aromatic rings. The molecule has 0 spiro atoms. The van der Waals surface area contributed by atoms with Gasteiger partial charge in [-0.2, -0.15) is 0 Å². The van der Waals surface area contributed by atoms with Gasteiger partial charge in [0.05, 0.1) is 4.90 Å². The summed E-state index contributed by atoms with van der Waals surface area (Å²) < 4.78 is 53.8. The number of hydrogen-bond acceptors (Lipinski definition) is 4. The van der Waals surface area contributed by atoms with E-state index in [-0.39, 0.29) is 22.1 Å².